The van der Waals surface area contributed by atoms with Crippen molar-refractivity contribution in [1.82, 2.24) is 13.7 Å². The molecule has 0 amide bonds. The first-order chi connectivity index (χ1) is 16.6. The topological polar surface area (TPSA) is 87.6 Å². The molecular formula is C27H29N3O5. The van der Waals surface area contributed by atoms with Crippen LogP contribution in [0.25, 0.3) is 22.2 Å². The highest BCUT2D eigenvalue weighted by Crippen LogP contribution is 2.46. The number of aryl methyl sites for hydroxylation is 2. The Bertz CT molecular complexity index is 1610. The molecule has 0 unspecified atom stereocenters. The van der Waals surface area contributed by atoms with Crippen molar-refractivity contribution in [1.29, 1.82) is 0 Å². The first-order valence-corrected chi connectivity index (χ1v) is 11.5. The molecule has 0 aliphatic carbocycles. The van der Waals surface area contributed by atoms with Crippen LogP contribution in [0, 0.1) is 6.92 Å². The van der Waals surface area contributed by atoms with E-state index >= 15 is 0 Å². The SMILES string of the molecule is COc1cc([C@H]2OCC(C)(C)n3c(-c4cccc(C)c4)c4c(=O)n(C)c(=O)n(C)c4c32)ccc1O. The number of aromatic nitrogens is 3. The van der Waals surface area contributed by atoms with Crippen LogP contribution in [0.1, 0.15) is 36.8 Å². The lowest BCUT2D eigenvalue weighted by atomic mass is 9.97. The van der Waals surface area contributed by atoms with E-state index in [4.69, 9.17) is 9.47 Å². The Balaban J connectivity index is 1.99. The van der Waals surface area contributed by atoms with Crippen molar-refractivity contribution >= 4 is 10.9 Å². The molecule has 8 heteroatoms. The lowest BCUT2D eigenvalue weighted by Crippen LogP contribution is -2.40. The Morgan fingerprint density at radius 2 is 1.83 bits per heavy atom. The monoisotopic (exact) mass is 475 g/mol. The fraction of sp³-hybridized carbons (Fsp3) is 0.333. The summed E-state index contributed by atoms with van der Waals surface area (Å²) in [6.07, 6.45) is -0.587. The van der Waals surface area contributed by atoms with Crippen molar-refractivity contribution in [2.45, 2.75) is 32.4 Å². The first kappa shape index (κ1) is 23.0. The molecule has 3 heterocycles. The van der Waals surface area contributed by atoms with Crippen LogP contribution in [-0.4, -0.2) is 32.5 Å². The van der Waals surface area contributed by atoms with E-state index in [-0.39, 0.29) is 11.3 Å². The Morgan fingerprint density at radius 1 is 1.09 bits per heavy atom. The third-order valence-electron chi connectivity index (χ3n) is 6.86. The standard InChI is InChI=1S/C27H29N3O5/c1-15-8-7-9-16(12-15)21-20-22(28(4)26(33)29(5)25(20)32)23-24(35-14-27(2,3)30(21)23)17-10-11-18(31)19(13-17)34-6/h7-13,24,31H,14H2,1-6H3/t24-/m1/s1. The van der Waals surface area contributed by atoms with E-state index in [0.29, 0.717) is 23.3 Å². The zero-order valence-electron chi connectivity index (χ0n) is 20.7. The molecule has 1 aliphatic rings. The molecule has 5 rings (SSSR count). The number of aromatic hydroxyl groups is 1. The number of hydrogen-bond acceptors (Lipinski definition) is 5. The summed E-state index contributed by atoms with van der Waals surface area (Å²) in [5.74, 6) is 0.344. The van der Waals surface area contributed by atoms with E-state index in [9.17, 15) is 14.7 Å². The quantitative estimate of drug-likeness (QED) is 0.489. The lowest BCUT2D eigenvalue weighted by molar-refractivity contribution is -0.00716. The predicted octanol–water partition coefficient (Wildman–Crippen LogP) is 3.58. The fourth-order valence-electron chi connectivity index (χ4n) is 5.17. The zero-order chi connectivity index (χ0) is 25.2. The third-order valence-corrected chi connectivity index (χ3v) is 6.86. The molecule has 0 radical (unpaired) electrons. The Labute approximate surface area is 202 Å². The van der Waals surface area contributed by atoms with Crippen LogP contribution in [0.5, 0.6) is 11.5 Å². The van der Waals surface area contributed by atoms with Crippen LogP contribution in [0.4, 0.5) is 0 Å². The Kier molecular flexibility index (Phi) is 5.18. The normalized spacial score (nSPS) is 16.9. The van der Waals surface area contributed by atoms with Gasteiger partial charge in [-0.25, -0.2) is 4.79 Å². The van der Waals surface area contributed by atoms with Gasteiger partial charge in [0.15, 0.2) is 11.5 Å². The number of nitrogens with zero attached hydrogens (tertiary/aromatic N) is 3. The molecule has 4 aromatic rings. The van der Waals surface area contributed by atoms with Gasteiger partial charge in [0.2, 0.25) is 0 Å². The van der Waals surface area contributed by atoms with Gasteiger partial charge in [-0.2, -0.15) is 0 Å². The summed E-state index contributed by atoms with van der Waals surface area (Å²) in [5, 5.41) is 10.6. The van der Waals surface area contributed by atoms with E-state index in [1.54, 1.807) is 25.2 Å². The number of rotatable bonds is 3. The number of benzene rings is 2. The van der Waals surface area contributed by atoms with E-state index in [1.807, 2.05) is 25.1 Å². The van der Waals surface area contributed by atoms with Crippen LogP contribution < -0.4 is 16.0 Å². The maximum Gasteiger partial charge on any atom is 0.331 e. The molecule has 0 saturated heterocycles. The van der Waals surface area contributed by atoms with Gasteiger partial charge in [-0.1, -0.05) is 29.8 Å². The van der Waals surface area contributed by atoms with E-state index in [0.717, 1.165) is 32.6 Å². The number of hydrogen-bond donors (Lipinski definition) is 1. The molecule has 1 atom stereocenters. The predicted molar refractivity (Wildman–Crippen MR) is 134 cm³/mol. The van der Waals surface area contributed by atoms with Gasteiger partial charge in [0.1, 0.15) is 6.10 Å². The molecule has 0 bridgehead atoms. The van der Waals surface area contributed by atoms with E-state index in [2.05, 4.69) is 24.5 Å². The number of ether oxygens (including phenoxy) is 2. The summed E-state index contributed by atoms with van der Waals surface area (Å²) in [5.41, 5.74) is 3.48. The van der Waals surface area contributed by atoms with Crippen LogP contribution >= 0.6 is 0 Å². The second-order valence-electron chi connectivity index (χ2n) is 9.80. The molecule has 0 spiro atoms. The van der Waals surface area contributed by atoms with Crippen LogP contribution in [0.3, 0.4) is 0 Å². The highest BCUT2D eigenvalue weighted by Gasteiger charge is 2.40. The summed E-state index contributed by atoms with van der Waals surface area (Å²) in [7, 11) is 4.68. The van der Waals surface area contributed by atoms with Crippen molar-refractivity contribution in [3.8, 4) is 22.8 Å². The molecule has 2 aromatic carbocycles. The van der Waals surface area contributed by atoms with Crippen molar-refractivity contribution in [3.05, 3.63) is 80.1 Å². The van der Waals surface area contributed by atoms with E-state index in [1.165, 1.54) is 18.7 Å². The average Bonchev–Trinajstić information content (AvgIpc) is 3.20. The minimum absolute atomic E-state index is 0.0225. The number of phenolic OH excluding ortho intramolecular Hbond substituents is 1. The molecule has 35 heavy (non-hydrogen) atoms. The second-order valence-corrected chi connectivity index (χ2v) is 9.80. The van der Waals surface area contributed by atoms with Gasteiger partial charge in [-0.3, -0.25) is 13.9 Å². The smallest absolute Gasteiger partial charge is 0.331 e. The lowest BCUT2D eigenvalue weighted by Gasteiger charge is -2.39. The van der Waals surface area contributed by atoms with Crippen molar-refractivity contribution in [2.24, 2.45) is 14.1 Å². The minimum Gasteiger partial charge on any atom is -0.504 e. The van der Waals surface area contributed by atoms with Gasteiger partial charge >= 0.3 is 5.69 Å². The average molecular weight is 476 g/mol. The second kappa shape index (κ2) is 7.88. The van der Waals surface area contributed by atoms with Crippen molar-refractivity contribution in [3.63, 3.8) is 0 Å². The third kappa shape index (κ3) is 3.31. The largest absolute Gasteiger partial charge is 0.504 e. The summed E-state index contributed by atoms with van der Waals surface area (Å²) < 4.78 is 16.6. The molecular weight excluding hydrogens is 446 g/mol. The number of fused-ring (bicyclic) bond motifs is 3. The molecule has 182 valence electrons. The van der Waals surface area contributed by atoms with Crippen LogP contribution in [0.2, 0.25) is 0 Å². The molecule has 0 fully saturated rings. The minimum atomic E-state index is -0.587. The van der Waals surface area contributed by atoms with Crippen molar-refractivity contribution in [2.75, 3.05) is 13.7 Å². The highest BCUT2D eigenvalue weighted by molar-refractivity contribution is 5.97. The van der Waals surface area contributed by atoms with Crippen molar-refractivity contribution < 1.29 is 14.6 Å². The summed E-state index contributed by atoms with van der Waals surface area (Å²) in [6.45, 7) is 6.51. The maximum absolute atomic E-state index is 13.6. The zero-order valence-corrected chi connectivity index (χ0v) is 20.7. The molecule has 1 N–H and O–H groups in total. The fourth-order valence-corrected chi connectivity index (χ4v) is 5.17. The maximum atomic E-state index is 13.6. The Morgan fingerprint density at radius 3 is 2.51 bits per heavy atom. The molecule has 8 nitrogen and oxygen atoms in total. The van der Waals surface area contributed by atoms with Crippen LogP contribution in [-0.2, 0) is 24.4 Å². The molecule has 1 aliphatic heterocycles. The molecule has 0 saturated carbocycles. The van der Waals surface area contributed by atoms with Gasteiger partial charge < -0.3 is 19.1 Å². The van der Waals surface area contributed by atoms with Gasteiger partial charge in [0, 0.05) is 14.1 Å². The first-order valence-electron chi connectivity index (χ1n) is 11.5. The summed E-state index contributed by atoms with van der Waals surface area (Å²) in [6, 6.07) is 13.1. The van der Waals surface area contributed by atoms with E-state index < -0.39 is 17.3 Å². The van der Waals surface area contributed by atoms with Gasteiger partial charge in [0.05, 0.1) is 41.5 Å². The van der Waals surface area contributed by atoms with Gasteiger partial charge in [-0.05, 0) is 50.1 Å². The van der Waals surface area contributed by atoms with Gasteiger partial charge in [0.25, 0.3) is 5.56 Å². The highest BCUT2D eigenvalue weighted by atomic mass is 16.5. The number of methoxy groups -OCH3 is 1. The Hall–Kier alpha value is -3.78. The summed E-state index contributed by atoms with van der Waals surface area (Å²) >= 11 is 0. The van der Waals surface area contributed by atoms with Crippen LogP contribution in [0.15, 0.2) is 52.1 Å². The molecule has 2 aromatic heterocycles. The summed E-state index contributed by atoms with van der Waals surface area (Å²) in [4.78, 5) is 26.7. The number of phenols is 1. The van der Waals surface area contributed by atoms with Gasteiger partial charge in [-0.15, -0.1) is 0 Å².